The maximum atomic E-state index is 13.8. The van der Waals surface area contributed by atoms with Crippen molar-refractivity contribution in [2.75, 3.05) is 28.6 Å². The molecule has 2 atom stereocenters. The van der Waals surface area contributed by atoms with Crippen LogP contribution in [-0.2, 0) is 9.47 Å². The Balaban J connectivity index is 1.60. The first-order chi connectivity index (χ1) is 19.6. The predicted molar refractivity (Wildman–Crippen MR) is 160 cm³/mol. The number of fused-ring (bicyclic) bond motifs is 1. The molecule has 1 fully saturated rings. The minimum absolute atomic E-state index is 0.0575. The van der Waals surface area contributed by atoms with Crippen LogP contribution >= 0.6 is 0 Å². The van der Waals surface area contributed by atoms with Crippen molar-refractivity contribution in [1.29, 1.82) is 0 Å². The highest BCUT2D eigenvalue weighted by molar-refractivity contribution is 6.16. The number of hydrogen-bond donors (Lipinski definition) is 3. The number of ether oxygens (including phenoxy) is 2. The zero-order valence-electron chi connectivity index (χ0n) is 25.5. The Morgan fingerprint density at radius 2 is 1.69 bits per heavy atom. The highest BCUT2D eigenvalue weighted by Gasteiger charge is 2.31. The zero-order chi connectivity index (χ0) is 30.8. The van der Waals surface area contributed by atoms with E-state index in [1.165, 1.54) is 0 Å². The average molecular weight is 581 g/mol. The zero-order valence-corrected chi connectivity index (χ0v) is 25.5. The topological polar surface area (TPSA) is 148 Å². The molecule has 4 heterocycles. The summed E-state index contributed by atoms with van der Waals surface area (Å²) in [6.07, 6.45) is 4.38. The number of rotatable bonds is 5. The number of aromatic nitrogens is 2. The van der Waals surface area contributed by atoms with E-state index in [1.807, 2.05) is 33.8 Å². The minimum atomic E-state index is -0.764. The number of furan rings is 1. The highest BCUT2D eigenvalue weighted by atomic mass is 16.6. The standard InChI is InChI=1S/C30H40N6O6/c1-17-12-22-24(32-13-17)23(26(40-22)35-28(39)42-30(6,7)8)25(37)34-20-14-31-10-9-21(20)36-15-18(2)11-19(16-36)33-27(38)41-29(3,4)5/h9-10,12-14,18-19H,11,15-16H2,1-8H3,(H,33,38)(H,34,37)(H,35,39)/t18-,19+/m1/s1. The van der Waals surface area contributed by atoms with Gasteiger partial charge in [0.2, 0.25) is 5.88 Å². The van der Waals surface area contributed by atoms with E-state index in [-0.39, 0.29) is 23.4 Å². The molecule has 3 amide bonds. The van der Waals surface area contributed by atoms with Crippen molar-refractivity contribution < 1.29 is 28.3 Å². The second kappa shape index (κ2) is 11.9. The van der Waals surface area contributed by atoms with E-state index in [4.69, 9.17) is 13.9 Å². The third-order valence-corrected chi connectivity index (χ3v) is 6.27. The lowest BCUT2D eigenvalue weighted by atomic mass is 9.95. The number of piperidine rings is 1. The van der Waals surface area contributed by atoms with Crippen LogP contribution < -0.4 is 20.9 Å². The molecule has 3 aromatic heterocycles. The van der Waals surface area contributed by atoms with Crippen molar-refractivity contribution in [2.45, 2.75) is 79.1 Å². The first-order valence-electron chi connectivity index (χ1n) is 14.0. The monoisotopic (exact) mass is 580 g/mol. The Bertz CT molecular complexity index is 1470. The van der Waals surface area contributed by atoms with Crippen LogP contribution in [0, 0.1) is 12.8 Å². The summed E-state index contributed by atoms with van der Waals surface area (Å²) >= 11 is 0. The van der Waals surface area contributed by atoms with Crippen LogP contribution in [0.25, 0.3) is 11.1 Å². The Kier molecular flexibility index (Phi) is 8.65. The number of pyridine rings is 2. The van der Waals surface area contributed by atoms with Gasteiger partial charge in [-0.3, -0.25) is 20.1 Å². The van der Waals surface area contributed by atoms with Gasteiger partial charge in [0.1, 0.15) is 22.3 Å². The summed E-state index contributed by atoms with van der Waals surface area (Å²) in [5.41, 5.74) is 1.37. The number of carbonyl (C=O) groups is 3. The van der Waals surface area contributed by atoms with Crippen molar-refractivity contribution in [3.63, 3.8) is 0 Å². The third-order valence-electron chi connectivity index (χ3n) is 6.27. The summed E-state index contributed by atoms with van der Waals surface area (Å²) in [7, 11) is 0. The van der Waals surface area contributed by atoms with Gasteiger partial charge in [0.05, 0.1) is 17.6 Å². The predicted octanol–water partition coefficient (Wildman–Crippen LogP) is 5.87. The molecule has 0 bridgehead atoms. The number of amides is 3. The van der Waals surface area contributed by atoms with Crippen LogP contribution in [0.2, 0.25) is 0 Å². The lowest BCUT2D eigenvalue weighted by molar-refractivity contribution is 0.0494. The van der Waals surface area contributed by atoms with Crippen LogP contribution in [0.5, 0.6) is 0 Å². The molecular formula is C30H40N6O6. The van der Waals surface area contributed by atoms with Crippen LogP contribution in [0.3, 0.4) is 0 Å². The summed E-state index contributed by atoms with van der Waals surface area (Å²) in [4.78, 5) is 49.6. The van der Waals surface area contributed by atoms with Gasteiger partial charge in [-0.2, -0.15) is 0 Å². The molecular weight excluding hydrogens is 540 g/mol. The summed E-state index contributed by atoms with van der Waals surface area (Å²) in [6.45, 7) is 15.9. The first kappa shape index (κ1) is 30.6. The number of carbonyl (C=O) groups excluding carboxylic acids is 3. The highest BCUT2D eigenvalue weighted by Crippen LogP contribution is 2.33. The minimum Gasteiger partial charge on any atom is -0.444 e. The Morgan fingerprint density at radius 1 is 1.00 bits per heavy atom. The molecule has 226 valence electrons. The van der Waals surface area contributed by atoms with Gasteiger partial charge in [-0.15, -0.1) is 0 Å². The molecule has 1 aliphatic heterocycles. The normalized spacial score (nSPS) is 17.5. The number of alkyl carbamates (subject to hydrolysis) is 1. The van der Waals surface area contributed by atoms with Gasteiger partial charge in [0, 0.05) is 31.5 Å². The van der Waals surface area contributed by atoms with Gasteiger partial charge in [-0.25, -0.2) is 9.59 Å². The van der Waals surface area contributed by atoms with Crippen LogP contribution in [0.1, 0.15) is 70.8 Å². The second-order valence-electron chi connectivity index (χ2n) is 12.7. The molecule has 12 heteroatoms. The van der Waals surface area contributed by atoms with E-state index in [1.54, 1.807) is 45.4 Å². The molecule has 0 saturated carbocycles. The van der Waals surface area contributed by atoms with Gasteiger partial charge in [-0.05, 0) is 78.5 Å². The van der Waals surface area contributed by atoms with Gasteiger partial charge in [0.15, 0.2) is 5.58 Å². The van der Waals surface area contributed by atoms with Crippen LogP contribution in [-0.4, -0.2) is 58.4 Å². The van der Waals surface area contributed by atoms with E-state index in [2.05, 4.69) is 37.7 Å². The average Bonchev–Trinajstić information content (AvgIpc) is 3.18. The van der Waals surface area contributed by atoms with Crippen molar-refractivity contribution in [2.24, 2.45) is 5.92 Å². The fourth-order valence-corrected chi connectivity index (χ4v) is 4.84. The smallest absolute Gasteiger partial charge is 0.414 e. The number of nitrogens with one attached hydrogen (secondary N) is 3. The van der Waals surface area contributed by atoms with E-state index < -0.39 is 29.3 Å². The fourth-order valence-electron chi connectivity index (χ4n) is 4.84. The third kappa shape index (κ3) is 7.89. The lowest BCUT2D eigenvalue weighted by Crippen LogP contribution is -2.51. The molecule has 0 spiro atoms. The van der Waals surface area contributed by atoms with Gasteiger partial charge >= 0.3 is 12.2 Å². The second-order valence-corrected chi connectivity index (χ2v) is 12.7. The number of nitrogens with zero attached hydrogens (tertiary/aromatic N) is 3. The summed E-state index contributed by atoms with van der Waals surface area (Å²) < 4.78 is 16.7. The fraction of sp³-hybridized carbons (Fsp3) is 0.500. The molecule has 0 aromatic carbocycles. The molecule has 42 heavy (non-hydrogen) atoms. The molecule has 12 nitrogen and oxygen atoms in total. The van der Waals surface area contributed by atoms with Crippen LogP contribution in [0.4, 0.5) is 26.8 Å². The Hall–Kier alpha value is -4.35. The van der Waals surface area contributed by atoms with E-state index in [9.17, 15) is 14.4 Å². The van der Waals surface area contributed by atoms with E-state index in [0.29, 0.717) is 29.9 Å². The van der Waals surface area contributed by atoms with Crippen molar-refractivity contribution in [3.8, 4) is 0 Å². The number of hydrogen-bond acceptors (Lipinski definition) is 9. The summed E-state index contributed by atoms with van der Waals surface area (Å²) in [5, 5.41) is 8.47. The molecule has 1 aliphatic rings. The maximum absolute atomic E-state index is 13.8. The molecule has 1 saturated heterocycles. The molecule has 3 N–H and O–H groups in total. The molecule has 4 rings (SSSR count). The molecule has 0 aliphatic carbocycles. The largest absolute Gasteiger partial charge is 0.444 e. The number of anilines is 3. The van der Waals surface area contributed by atoms with Gasteiger partial charge in [-0.1, -0.05) is 6.92 Å². The van der Waals surface area contributed by atoms with Crippen molar-refractivity contribution in [3.05, 3.63) is 41.9 Å². The van der Waals surface area contributed by atoms with E-state index in [0.717, 1.165) is 17.7 Å². The summed E-state index contributed by atoms with van der Waals surface area (Å²) in [6, 6.07) is 3.39. The quantitative estimate of drug-likeness (QED) is 0.337. The maximum Gasteiger partial charge on any atom is 0.414 e. The molecule has 0 radical (unpaired) electrons. The lowest BCUT2D eigenvalue weighted by Gasteiger charge is -2.39. The first-order valence-corrected chi connectivity index (χ1v) is 14.0. The SMILES string of the molecule is Cc1cnc2c(C(=O)Nc3cnccc3N3C[C@H](C)C[C@H](NC(=O)OC(C)(C)C)C3)c(NC(=O)OC(C)(C)C)oc2c1. The van der Waals surface area contributed by atoms with Crippen LogP contribution in [0.15, 0.2) is 35.1 Å². The van der Waals surface area contributed by atoms with Crippen molar-refractivity contribution >= 4 is 46.5 Å². The van der Waals surface area contributed by atoms with E-state index >= 15 is 0 Å². The Labute approximate surface area is 245 Å². The number of aryl methyl sites for hydroxylation is 1. The van der Waals surface area contributed by atoms with Crippen molar-refractivity contribution in [1.82, 2.24) is 15.3 Å². The molecule has 0 unspecified atom stereocenters. The summed E-state index contributed by atoms with van der Waals surface area (Å²) in [5.74, 6) is -0.363. The Morgan fingerprint density at radius 3 is 2.38 bits per heavy atom. The van der Waals surface area contributed by atoms with Gasteiger partial charge < -0.3 is 29.4 Å². The van der Waals surface area contributed by atoms with Gasteiger partial charge in [0.25, 0.3) is 5.91 Å². The molecule has 3 aromatic rings.